The van der Waals surface area contributed by atoms with Crippen molar-refractivity contribution in [3.8, 4) is 0 Å². The quantitative estimate of drug-likeness (QED) is 0.366. The van der Waals surface area contributed by atoms with E-state index in [1.165, 1.54) is 36.4 Å². The van der Waals surface area contributed by atoms with E-state index in [9.17, 15) is 17.6 Å². The number of nitrogens with zero attached hydrogens (tertiary/aromatic N) is 2. The van der Waals surface area contributed by atoms with Crippen LogP contribution in [0.1, 0.15) is 18.1 Å². The number of hydrogen-bond acceptors (Lipinski definition) is 4. The average Bonchev–Trinajstić information content (AvgIpc) is 2.77. The third-order valence-corrected chi connectivity index (χ3v) is 6.94. The Bertz CT molecular complexity index is 1230. The molecule has 166 valence electrons. The van der Waals surface area contributed by atoms with Gasteiger partial charge >= 0.3 is 0 Å². The Hall–Kier alpha value is -3.04. The van der Waals surface area contributed by atoms with E-state index in [1.807, 2.05) is 6.92 Å². The van der Waals surface area contributed by atoms with Crippen molar-refractivity contribution in [1.29, 1.82) is 0 Å². The molecular weight excluding hydrogens is 497 g/mol. The van der Waals surface area contributed by atoms with Crippen molar-refractivity contribution in [2.45, 2.75) is 18.7 Å². The maximum absolute atomic E-state index is 13.3. The van der Waals surface area contributed by atoms with Crippen molar-refractivity contribution in [3.05, 3.63) is 94.2 Å². The summed E-state index contributed by atoms with van der Waals surface area (Å²) >= 11 is 3.33. The largest absolute Gasteiger partial charge is 0.271 e. The van der Waals surface area contributed by atoms with E-state index < -0.39 is 22.5 Å². The van der Waals surface area contributed by atoms with Crippen LogP contribution in [0.5, 0.6) is 0 Å². The lowest BCUT2D eigenvalue weighted by molar-refractivity contribution is -0.119. The van der Waals surface area contributed by atoms with Gasteiger partial charge < -0.3 is 0 Å². The van der Waals surface area contributed by atoms with Gasteiger partial charge in [0, 0.05) is 4.47 Å². The molecular formula is C23H21BrFN3O3S. The van der Waals surface area contributed by atoms with Gasteiger partial charge in [-0.1, -0.05) is 45.8 Å². The highest BCUT2D eigenvalue weighted by Crippen LogP contribution is 2.25. The Morgan fingerprint density at radius 1 is 1.00 bits per heavy atom. The molecule has 0 aliphatic carbocycles. The van der Waals surface area contributed by atoms with Crippen molar-refractivity contribution in [1.82, 2.24) is 5.43 Å². The minimum atomic E-state index is -4.01. The van der Waals surface area contributed by atoms with Gasteiger partial charge in [0.25, 0.3) is 15.9 Å². The Morgan fingerprint density at radius 3 is 2.19 bits per heavy atom. The van der Waals surface area contributed by atoms with Gasteiger partial charge in [0.05, 0.1) is 16.3 Å². The third kappa shape index (κ3) is 5.80. The molecule has 0 aliphatic rings. The molecule has 0 aromatic heterocycles. The van der Waals surface area contributed by atoms with Crippen molar-refractivity contribution in [2.75, 3.05) is 10.8 Å². The van der Waals surface area contributed by atoms with Gasteiger partial charge in [-0.15, -0.1) is 0 Å². The fraction of sp³-hybridized carbons (Fsp3) is 0.130. The number of carbonyl (C=O) groups is 1. The molecule has 1 N–H and O–H groups in total. The zero-order chi connectivity index (χ0) is 23.3. The summed E-state index contributed by atoms with van der Waals surface area (Å²) in [7, 11) is -4.01. The van der Waals surface area contributed by atoms with Crippen molar-refractivity contribution < 1.29 is 17.6 Å². The van der Waals surface area contributed by atoms with Crippen LogP contribution in [-0.4, -0.2) is 26.6 Å². The smallest absolute Gasteiger partial charge is 0.264 e. The summed E-state index contributed by atoms with van der Waals surface area (Å²) in [4.78, 5) is 12.7. The molecule has 0 saturated carbocycles. The molecule has 0 saturated heterocycles. The van der Waals surface area contributed by atoms with Crippen LogP contribution >= 0.6 is 15.9 Å². The summed E-state index contributed by atoms with van der Waals surface area (Å²) in [6.45, 7) is 3.04. The fourth-order valence-corrected chi connectivity index (χ4v) is 4.51. The monoisotopic (exact) mass is 517 g/mol. The first-order valence-electron chi connectivity index (χ1n) is 9.61. The van der Waals surface area contributed by atoms with Crippen molar-refractivity contribution in [3.63, 3.8) is 0 Å². The predicted molar refractivity (Wildman–Crippen MR) is 127 cm³/mol. The maximum atomic E-state index is 13.3. The number of benzene rings is 3. The number of rotatable bonds is 7. The van der Waals surface area contributed by atoms with Crippen LogP contribution in [0.3, 0.4) is 0 Å². The van der Waals surface area contributed by atoms with Gasteiger partial charge in [-0.3, -0.25) is 9.10 Å². The van der Waals surface area contributed by atoms with Gasteiger partial charge in [0.2, 0.25) is 0 Å². The number of carbonyl (C=O) groups excluding carboxylic acids is 1. The van der Waals surface area contributed by atoms with Crippen LogP contribution in [0, 0.1) is 12.7 Å². The number of halogens is 2. The lowest BCUT2D eigenvalue weighted by Crippen LogP contribution is -2.39. The summed E-state index contributed by atoms with van der Waals surface area (Å²) in [6, 6.07) is 18.7. The molecule has 3 rings (SSSR count). The molecule has 1 amide bonds. The standard InChI is InChI=1S/C23H21BrFN3O3S/c1-16-3-13-22(14-4-16)32(30,31)28(21-11-7-19(24)8-12-21)15-23(29)27-26-17(2)18-5-9-20(25)10-6-18/h3-14H,15H2,1-2H3,(H,27,29)/b26-17-. The minimum Gasteiger partial charge on any atom is -0.271 e. The van der Waals surface area contributed by atoms with Gasteiger partial charge in [-0.25, -0.2) is 18.2 Å². The van der Waals surface area contributed by atoms with E-state index in [1.54, 1.807) is 43.3 Å². The zero-order valence-electron chi connectivity index (χ0n) is 17.4. The molecule has 0 spiro atoms. The Balaban J connectivity index is 1.86. The second-order valence-electron chi connectivity index (χ2n) is 7.04. The molecule has 0 aliphatic heterocycles. The van der Waals surface area contributed by atoms with Crippen LogP contribution < -0.4 is 9.73 Å². The number of nitrogens with one attached hydrogen (secondary N) is 1. The summed E-state index contributed by atoms with van der Waals surface area (Å²) in [5, 5.41) is 4.02. The SMILES string of the molecule is C/C(=N/NC(=O)CN(c1ccc(Br)cc1)S(=O)(=O)c1ccc(C)cc1)c1ccc(F)cc1. The Morgan fingerprint density at radius 2 is 1.59 bits per heavy atom. The topological polar surface area (TPSA) is 78.8 Å². The van der Waals surface area contributed by atoms with Crippen LogP contribution in [0.15, 0.2) is 87.3 Å². The first kappa shape index (κ1) is 23.6. The van der Waals surface area contributed by atoms with Crippen LogP contribution in [0.25, 0.3) is 0 Å². The molecule has 0 radical (unpaired) electrons. The molecule has 6 nitrogen and oxygen atoms in total. The third-order valence-electron chi connectivity index (χ3n) is 4.62. The van der Waals surface area contributed by atoms with Gasteiger partial charge in [0.15, 0.2) is 0 Å². The number of hydrogen-bond donors (Lipinski definition) is 1. The molecule has 0 fully saturated rings. The zero-order valence-corrected chi connectivity index (χ0v) is 19.8. The highest BCUT2D eigenvalue weighted by Gasteiger charge is 2.27. The lowest BCUT2D eigenvalue weighted by Gasteiger charge is -2.24. The molecule has 3 aromatic rings. The summed E-state index contributed by atoms with van der Waals surface area (Å²) in [5.41, 5.74) is 4.72. The predicted octanol–water partition coefficient (Wildman–Crippen LogP) is 4.63. The first-order chi connectivity index (χ1) is 15.2. The van der Waals surface area contributed by atoms with E-state index in [-0.39, 0.29) is 10.7 Å². The molecule has 0 bridgehead atoms. The van der Waals surface area contributed by atoms with E-state index in [4.69, 9.17) is 0 Å². The molecule has 9 heteroatoms. The lowest BCUT2D eigenvalue weighted by atomic mass is 10.1. The Kier molecular flexibility index (Phi) is 7.42. The van der Waals surface area contributed by atoms with Crippen LogP contribution in [-0.2, 0) is 14.8 Å². The normalized spacial score (nSPS) is 11.8. The number of aryl methyl sites for hydroxylation is 1. The number of amides is 1. The number of sulfonamides is 1. The molecule has 0 heterocycles. The molecule has 0 atom stereocenters. The fourth-order valence-electron chi connectivity index (χ4n) is 2.83. The molecule has 0 unspecified atom stereocenters. The first-order valence-corrected chi connectivity index (χ1v) is 11.8. The van der Waals surface area contributed by atoms with E-state index in [0.29, 0.717) is 17.0 Å². The Labute approximate surface area is 195 Å². The summed E-state index contributed by atoms with van der Waals surface area (Å²) < 4.78 is 41.5. The van der Waals surface area contributed by atoms with Crippen molar-refractivity contribution >= 4 is 43.3 Å². The highest BCUT2D eigenvalue weighted by molar-refractivity contribution is 9.10. The number of hydrazone groups is 1. The molecule has 32 heavy (non-hydrogen) atoms. The second-order valence-corrected chi connectivity index (χ2v) is 9.82. The maximum Gasteiger partial charge on any atom is 0.264 e. The van der Waals surface area contributed by atoms with Crippen LogP contribution in [0.2, 0.25) is 0 Å². The summed E-state index contributed by atoms with van der Waals surface area (Å²) in [5.74, 6) is -0.998. The van der Waals surface area contributed by atoms with Gasteiger partial charge in [-0.05, 0) is 67.9 Å². The van der Waals surface area contributed by atoms with Gasteiger partial charge in [-0.2, -0.15) is 5.10 Å². The second kappa shape index (κ2) is 10.1. The minimum absolute atomic E-state index is 0.0739. The number of anilines is 1. The van der Waals surface area contributed by atoms with E-state index >= 15 is 0 Å². The van der Waals surface area contributed by atoms with Crippen LogP contribution in [0.4, 0.5) is 10.1 Å². The average molecular weight is 518 g/mol. The van der Waals surface area contributed by atoms with Gasteiger partial charge in [0.1, 0.15) is 12.4 Å². The summed E-state index contributed by atoms with van der Waals surface area (Å²) in [6.07, 6.45) is 0. The van der Waals surface area contributed by atoms with E-state index in [2.05, 4.69) is 26.5 Å². The van der Waals surface area contributed by atoms with E-state index in [0.717, 1.165) is 14.3 Å². The molecule has 3 aromatic carbocycles. The van der Waals surface area contributed by atoms with Crippen molar-refractivity contribution in [2.24, 2.45) is 5.10 Å². The highest BCUT2D eigenvalue weighted by atomic mass is 79.9.